The summed E-state index contributed by atoms with van der Waals surface area (Å²) in [5, 5.41) is 14.6. The van der Waals surface area contributed by atoms with Crippen LogP contribution >= 0.6 is 11.8 Å². The zero-order chi connectivity index (χ0) is 12.9. The van der Waals surface area contributed by atoms with Gasteiger partial charge >= 0.3 is 6.03 Å². The summed E-state index contributed by atoms with van der Waals surface area (Å²) in [6.45, 7) is 1.86. The largest absolute Gasteiger partial charge is 0.328 e. The van der Waals surface area contributed by atoms with Gasteiger partial charge in [-0.2, -0.15) is 5.26 Å². The van der Waals surface area contributed by atoms with Gasteiger partial charge in [-0.05, 0) is 24.6 Å². The van der Waals surface area contributed by atoms with E-state index in [0.29, 0.717) is 18.6 Å². The van der Waals surface area contributed by atoms with Crippen LogP contribution in [0.2, 0.25) is 0 Å². The number of hydrogen-bond donors (Lipinski definition) is 2. The van der Waals surface area contributed by atoms with Gasteiger partial charge < -0.3 is 0 Å². The summed E-state index contributed by atoms with van der Waals surface area (Å²) < 4.78 is 0. The highest BCUT2D eigenvalue weighted by molar-refractivity contribution is 8.03. The maximum Gasteiger partial charge on any atom is 0.328 e. The maximum absolute atomic E-state index is 11.8. The summed E-state index contributed by atoms with van der Waals surface area (Å²) >= 11 is 0.992. The number of nitriles is 1. The number of rotatable bonds is 5. The summed E-state index contributed by atoms with van der Waals surface area (Å²) in [5.74, 6) is -0.746. The Morgan fingerprint density at radius 1 is 1.24 bits per heavy atom. The Morgan fingerprint density at radius 3 is 2.29 bits per heavy atom. The third-order valence-electron chi connectivity index (χ3n) is 2.70. The van der Waals surface area contributed by atoms with Crippen molar-refractivity contribution in [1.82, 2.24) is 10.6 Å². The molecule has 4 amide bonds. The molecule has 0 aromatic carbocycles. The molecule has 0 atom stereocenters. The Kier molecular flexibility index (Phi) is 4.52. The third kappa shape index (κ3) is 2.77. The molecule has 1 saturated heterocycles. The van der Waals surface area contributed by atoms with Crippen molar-refractivity contribution in [2.45, 2.75) is 26.2 Å². The average molecular weight is 255 g/mol. The zero-order valence-electron chi connectivity index (χ0n) is 9.41. The maximum atomic E-state index is 11.8. The fourth-order valence-electron chi connectivity index (χ4n) is 1.86. The third-order valence-corrected chi connectivity index (χ3v) is 3.23. The minimum atomic E-state index is -1.22. The molecule has 0 bridgehead atoms. The van der Waals surface area contributed by atoms with Gasteiger partial charge in [-0.25, -0.2) is 4.79 Å². The van der Waals surface area contributed by atoms with Crippen molar-refractivity contribution in [2.24, 2.45) is 5.41 Å². The van der Waals surface area contributed by atoms with Crippen LogP contribution in [0.15, 0.2) is 0 Å². The van der Waals surface area contributed by atoms with E-state index >= 15 is 0 Å². The second kappa shape index (κ2) is 5.68. The minimum absolute atomic E-state index is 0.254. The fourth-order valence-corrected chi connectivity index (χ4v) is 2.40. The second-order valence-electron chi connectivity index (χ2n) is 3.76. The van der Waals surface area contributed by atoms with Gasteiger partial charge in [0, 0.05) is 5.75 Å². The van der Waals surface area contributed by atoms with Gasteiger partial charge in [-0.3, -0.25) is 20.2 Å². The lowest BCUT2D eigenvalue weighted by molar-refractivity contribution is -0.145. The van der Waals surface area contributed by atoms with E-state index in [0.717, 1.165) is 11.8 Å². The summed E-state index contributed by atoms with van der Waals surface area (Å²) in [6, 6.07) is -0.778. The molecule has 17 heavy (non-hydrogen) atoms. The molecule has 7 heteroatoms. The first-order chi connectivity index (χ1) is 8.06. The van der Waals surface area contributed by atoms with Crippen molar-refractivity contribution in [2.75, 3.05) is 5.75 Å². The summed E-state index contributed by atoms with van der Waals surface area (Å²) in [6.07, 6.45) is 1.26. The zero-order valence-corrected chi connectivity index (χ0v) is 10.2. The number of barbiturate groups is 1. The van der Waals surface area contributed by atoms with Crippen LogP contribution in [0.25, 0.3) is 0 Å². The predicted octanol–water partition coefficient (Wildman–Crippen LogP) is 0.743. The highest BCUT2D eigenvalue weighted by atomic mass is 32.2. The van der Waals surface area contributed by atoms with Gasteiger partial charge in [-0.15, -0.1) is 0 Å². The number of carbonyl (C=O) groups excluding carboxylic acids is 3. The lowest BCUT2D eigenvalue weighted by Gasteiger charge is -2.33. The van der Waals surface area contributed by atoms with Crippen molar-refractivity contribution in [3.8, 4) is 5.40 Å². The number of urea groups is 1. The van der Waals surface area contributed by atoms with Crippen molar-refractivity contribution < 1.29 is 14.4 Å². The van der Waals surface area contributed by atoms with E-state index in [1.807, 2.05) is 12.3 Å². The van der Waals surface area contributed by atoms with Crippen LogP contribution in [0.5, 0.6) is 0 Å². The average Bonchev–Trinajstić information content (AvgIpc) is 2.25. The van der Waals surface area contributed by atoms with Crippen molar-refractivity contribution in [3.05, 3.63) is 0 Å². The number of amides is 4. The predicted molar refractivity (Wildman–Crippen MR) is 61.7 cm³/mol. The van der Waals surface area contributed by atoms with Crippen LogP contribution in [0.1, 0.15) is 26.2 Å². The molecule has 1 aliphatic heterocycles. The van der Waals surface area contributed by atoms with E-state index in [4.69, 9.17) is 5.26 Å². The molecule has 6 nitrogen and oxygen atoms in total. The molecule has 1 heterocycles. The molecule has 0 spiro atoms. The van der Waals surface area contributed by atoms with E-state index in [-0.39, 0.29) is 6.42 Å². The molecule has 1 rings (SSSR count). The van der Waals surface area contributed by atoms with Crippen LogP contribution < -0.4 is 10.6 Å². The number of hydrogen-bond acceptors (Lipinski definition) is 5. The van der Waals surface area contributed by atoms with Crippen LogP contribution in [0.4, 0.5) is 4.79 Å². The number of thiocyanates is 1. The number of nitrogens with one attached hydrogen (secondary N) is 2. The van der Waals surface area contributed by atoms with E-state index in [1.54, 1.807) is 0 Å². The van der Waals surface area contributed by atoms with Gasteiger partial charge in [-0.1, -0.05) is 13.3 Å². The molecule has 0 aromatic heterocycles. The first-order valence-electron chi connectivity index (χ1n) is 5.24. The van der Waals surface area contributed by atoms with Gasteiger partial charge in [0.15, 0.2) is 0 Å². The molecule has 0 saturated carbocycles. The fraction of sp³-hybridized carbons (Fsp3) is 0.600. The highest BCUT2D eigenvalue weighted by Gasteiger charge is 2.48. The van der Waals surface area contributed by atoms with Crippen LogP contribution in [-0.2, 0) is 9.59 Å². The number of nitrogens with zero attached hydrogens (tertiary/aromatic N) is 1. The Labute approximate surface area is 103 Å². The molecule has 2 N–H and O–H groups in total. The molecule has 92 valence electrons. The van der Waals surface area contributed by atoms with Crippen LogP contribution in [-0.4, -0.2) is 23.6 Å². The topological polar surface area (TPSA) is 99.1 Å². The number of carbonyl (C=O) groups is 3. The molecular formula is C10H13N3O3S. The Morgan fingerprint density at radius 2 is 1.82 bits per heavy atom. The van der Waals surface area contributed by atoms with Crippen molar-refractivity contribution in [3.63, 3.8) is 0 Å². The minimum Gasteiger partial charge on any atom is -0.277 e. The Hall–Kier alpha value is -1.55. The SMILES string of the molecule is CCCC1(CCSC#N)C(=O)NC(=O)NC1=O. The van der Waals surface area contributed by atoms with Crippen molar-refractivity contribution >= 4 is 29.6 Å². The van der Waals surface area contributed by atoms with Crippen LogP contribution in [0.3, 0.4) is 0 Å². The van der Waals surface area contributed by atoms with E-state index in [9.17, 15) is 14.4 Å². The first kappa shape index (κ1) is 13.5. The van der Waals surface area contributed by atoms with Crippen molar-refractivity contribution in [1.29, 1.82) is 5.26 Å². The monoisotopic (exact) mass is 255 g/mol. The summed E-state index contributed by atoms with van der Waals surface area (Å²) in [7, 11) is 0. The van der Waals surface area contributed by atoms with Crippen LogP contribution in [0, 0.1) is 16.1 Å². The molecular weight excluding hydrogens is 242 g/mol. The molecule has 0 aliphatic carbocycles. The summed E-state index contributed by atoms with van der Waals surface area (Å²) in [5.41, 5.74) is -1.22. The molecule has 0 aromatic rings. The van der Waals surface area contributed by atoms with E-state index in [1.165, 1.54) is 0 Å². The highest BCUT2D eigenvalue weighted by Crippen LogP contribution is 2.32. The lowest BCUT2D eigenvalue weighted by Crippen LogP contribution is -2.62. The van der Waals surface area contributed by atoms with Gasteiger partial charge in [0.1, 0.15) is 10.8 Å². The molecule has 1 fully saturated rings. The number of imide groups is 2. The smallest absolute Gasteiger partial charge is 0.277 e. The molecule has 0 unspecified atom stereocenters. The first-order valence-corrected chi connectivity index (χ1v) is 6.23. The normalized spacial score (nSPS) is 18.2. The standard InChI is InChI=1S/C10H13N3O3S/c1-2-3-10(4-5-17-6-11)7(14)12-9(16)13-8(10)15/h2-5H2,1H3,(H2,12,13,14,15,16). The Bertz CT molecular complexity index is 369. The quantitative estimate of drug-likeness (QED) is 0.429. The second-order valence-corrected chi connectivity index (χ2v) is 4.64. The molecule has 1 aliphatic rings. The lowest BCUT2D eigenvalue weighted by atomic mass is 9.78. The van der Waals surface area contributed by atoms with Gasteiger partial charge in [0.25, 0.3) is 0 Å². The van der Waals surface area contributed by atoms with E-state index < -0.39 is 23.3 Å². The van der Waals surface area contributed by atoms with Gasteiger partial charge in [0.2, 0.25) is 11.8 Å². The Balaban J connectivity index is 2.88. The summed E-state index contributed by atoms with van der Waals surface area (Å²) in [4.78, 5) is 34.7. The number of thioether (sulfide) groups is 1. The van der Waals surface area contributed by atoms with Gasteiger partial charge in [0.05, 0.1) is 0 Å². The van der Waals surface area contributed by atoms with E-state index in [2.05, 4.69) is 10.6 Å². The molecule has 0 radical (unpaired) electrons.